The van der Waals surface area contributed by atoms with Crippen LogP contribution in [0.1, 0.15) is 15.9 Å². The van der Waals surface area contributed by atoms with Crippen LogP contribution in [-0.4, -0.2) is 46.8 Å². The molecule has 9 heteroatoms. The van der Waals surface area contributed by atoms with Gasteiger partial charge in [-0.05, 0) is 36.4 Å². The molecule has 3 aromatic rings. The van der Waals surface area contributed by atoms with Crippen LogP contribution < -0.4 is 18.9 Å². The fraction of sp³-hybridized carbons (Fsp3) is 0.182. The van der Waals surface area contributed by atoms with Gasteiger partial charge in [0.1, 0.15) is 0 Å². The predicted octanol–water partition coefficient (Wildman–Crippen LogP) is 3.38. The molecule has 162 valence electrons. The molecule has 0 saturated heterocycles. The highest BCUT2D eigenvalue weighted by molar-refractivity contribution is 7.92. The van der Waals surface area contributed by atoms with Gasteiger partial charge in [-0.25, -0.2) is 8.42 Å². The molecule has 0 bridgehead atoms. The van der Waals surface area contributed by atoms with Crippen LogP contribution in [0.3, 0.4) is 0 Å². The molecule has 8 nitrogen and oxygen atoms in total. The van der Waals surface area contributed by atoms with Crippen molar-refractivity contribution >= 4 is 21.5 Å². The van der Waals surface area contributed by atoms with E-state index in [4.69, 9.17) is 14.2 Å². The van der Waals surface area contributed by atoms with E-state index in [0.29, 0.717) is 28.5 Å². The van der Waals surface area contributed by atoms with E-state index in [0.717, 1.165) is 6.26 Å². The number of carbonyl (C=O) groups excluding carboxylic acids is 1. The van der Waals surface area contributed by atoms with E-state index in [-0.39, 0.29) is 16.8 Å². The quantitative estimate of drug-likeness (QED) is 0.533. The Morgan fingerprint density at radius 2 is 1.61 bits per heavy atom. The van der Waals surface area contributed by atoms with Crippen LogP contribution in [0.5, 0.6) is 17.2 Å². The number of anilines is 1. The minimum atomic E-state index is -3.62. The third-order valence-corrected chi connectivity index (χ3v) is 5.04. The molecule has 0 aliphatic carbocycles. The average molecular weight is 442 g/mol. The van der Waals surface area contributed by atoms with Gasteiger partial charge in [0.15, 0.2) is 17.3 Å². The monoisotopic (exact) mass is 442 g/mol. The molecular weight excluding hydrogens is 420 g/mol. The van der Waals surface area contributed by atoms with Crippen LogP contribution in [0.25, 0.3) is 11.3 Å². The van der Waals surface area contributed by atoms with Crippen LogP contribution in [0, 0.1) is 0 Å². The SMILES string of the molecule is COc1cc(C(=O)c2cc(-c3ccccn3)ccc2NS(C)(=O)=O)cc(OC)c1OC. The molecule has 0 radical (unpaired) electrons. The predicted molar refractivity (Wildman–Crippen MR) is 118 cm³/mol. The smallest absolute Gasteiger partial charge is 0.229 e. The van der Waals surface area contributed by atoms with Gasteiger partial charge in [-0.15, -0.1) is 0 Å². The molecule has 0 amide bonds. The zero-order valence-electron chi connectivity index (χ0n) is 17.5. The number of aromatic nitrogens is 1. The summed E-state index contributed by atoms with van der Waals surface area (Å²) in [6, 6.07) is 13.3. The van der Waals surface area contributed by atoms with Crippen LogP contribution >= 0.6 is 0 Å². The molecule has 0 unspecified atom stereocenters. The van der Waals surface area contributed by atoms with Gasteiger partial charge < -0.3 is 14.2 Å². The number of nitrogens with zero attached hydrogens (tertiary/aromatic N) is 1. The molecule has 2 aromatic carbocycles. The molecule has 31 heavy (non-hydrogen) atoms. The van der Waals surface area contributed by atoms with Crippen molar-refractivity contribution in [3.63, 3.8) is 0 Å². The number of ketones is 1. The Bertz CT molecular complexity index is 1180. The second kappa shape index (κ2) is 9.05. The van der Waals surface area contributed by atoms with Crippen molar-refractivity contribution in [2.24, 2.45) is 0 Å². The number of nitrogens with one attached hydrogen (secondary N) is 1. The molecule has 1 heterocycles. The molecule has 1 aromatic heterocycles. The van der Waals surface area contributed by atoms with Crippen molar-refractivity contribution < 1.29 is 27.4 Å². The number of hydrogen-bond donors (Lipinski definition) is 1. The minimum absolute atomic E-state index is 0.154. The first kappa shape index (κ1) is 22.1. The highest BCUT2D eigenvalue weighted by atomic mass is 32.2. The molecular formula is C22H22N2O6S. The van der Waals surface area contributed by atoms with Crippen molar-refractivity contribution in [2.45, 2.75) is 0 Å². The fourth-order valence-corrected chi connectivity index (χ4v) is 3.66. The first-order valence-electron chi connectivity index (χ1n) is 9.15. The van der Waals surface area contributed by atoms with Crippen molar-refractivity contribution in [1.82, 2.24) is 4.98 Å². The Morgan fingerprint density at radius 3 is 2.13 bits per heavy atom. The summed E-state index contributed by atoms with van der Waals surface area (Å²) in [5.74, 6) is 0.536. The van der Waals surface area contributed by atoms with Crippen molar-refractivity contribution in [3.8, 4) is 28.5 Å². The lowest BCUT2D eigenvalue weighted by atomic mass is 9.97. The lowest BCUT2D eigenvalue weighted by Gasteiger charge is -2.15. The zero-order valence-corrected chi connectivity index (χ0v) is 18.3. The van der Waals surface area contributed by atoms with Crippen LogP contribution in [0.2, 0.25) is 0 Å². The molecule has 0 spiro atoms. The van der Waals surface area contributed by atoms with Gasteiger partial charge in [0, 0.05) is 22.9 Å². The summed E-state index contributed by atoms with van der Waals surface area (Å²) in [5, 5.41) is 0. The maximum Gasteiger partial charge on any atom is 0.229 e. The Labute approximate surface area is 180 Å². The van der Waals surface area contributed by atoms with Gasteiger partial charge in [0.05, 0.1) is 39.0 Å². The molecule has 0 aliphatic rings. The second-order valence-corrected chi connectivity index (χ2v) is 8.34. The second-order valence-electron chi connectivity index (χ2n) is 6.59. The normalized spacial score (nSPS) is 11.0. The summed E-state index contributed by atoms with van der Waals surface area (Å²) in [4.78, 5) is 17.8. The summed E-state index contributed by atoms with van der Waals surface area (Å²) < 4.78 is 42.1. The Hall–Kier alpha value is -3.59. The summed E-state index contributed by atoms with van der Waals surface area (Å²) in [6.45, 7) is 0. The molecule has 3 rings (SSSR count). The van der Waals surface area contributed by atoms with E-state index >= 15 is 0 Å². The highest BCUT2D eigenvalue weighted by Crippen LogP contribution is 2.39. The summed E-state index contributed by atoms with van der Waals surface area (Å²) in [7, 11) is 0.745. The molecule has 0 aliphatic heterocycles. The fourth-order valence-electron chi connectivity index (χ4n) is 3.08. The van der Waals surface area contributed by atoms with Crippen molar-refractivity contribution in [1.29, 1.82) is 0 Å². The van der Waals surface area contributed by atoms with E-state index in [1.807, 2.05) is 6.07 Å². The first-order chi connectivity index (χ1) is 14.8. The number of rotatable bonds is 8. The topological polar surface area (TPSA) is 104 Å². The Morgan fingerprint density at radius 1 is 0.935 bits per heavy atom. The highest BCUT2D eigenvalue weighted by Gasteiger charge is 2.22. The van der Waals surface area contributed by atoms with E-state index in [9.17, 15) is 13.2 Å². The maximum absolute atomic E-state index is 13.5. The Balaban J connectivity index is 2.18. The first-order valence-corrected chi connectivity index (χ1v) is 11.0. The van der Waals surface area contributed by atoms with Gasteiger partial charge in [-0.2, -0.15) is 0 Å². The molecule has 0 atom stereocenters. The third-order valence-electron chi connectivity index (χ3n) is 4.45. The van der Waals surface area contributed by atoms with Crippen LogP contribution in [0.15, 0.2) is 54.7 Å². The van der Waals surface area contributed by atoms with Gasteiger partial charge in [-0.3, -0.25) is 14.5 Å². The molecule has 0 saturated carbocycles. The lowest BCUT2D eigenvalue weighted by molar-refractivity contribution is 0.103. The molecule has 1 N–H and O–H groups in total. The summed E-state index contributed by atoms with van der Waals surface area (Å²) >= 11 is 0. The molecule has 0 fully saturated rings. The van der Waals surface area contributed by atoms with Gasteiger partial charge in [-0.1, -0.05) is 12.1 Å². The lowest BCUT2D eigenvalue weighted by Crippen LogP contribution is -2.14. The van der Waals surface area contributed by atoms with Gasteiger partial charge in [0.25, 0.3) is 0 Å². The van der Waals surface area contributed by atoms with Crippen LogP contribution in [-0.2, 0) is 10.0 Å². The average Bonchev–Trinajstić information content (AvgIpc) is 2.77. The van der Waals surface area contributed by atoms with E-state index in [2.05, 4.69) is 9.71 Å². The van der Waals surface area contributed by atoms with E-state index < -0.39 is 15.8 Å². The number of sulfonamides is 1. The van der Waals surface area contributed by atoms with Gasteiger partial charge >= 0.3 is 0 Å². The van der Waals surface area contributed by atoms with E-state index in [1.165, 1.54) is 39.5 Å². The van der Waals surface area contributed by atoms with Crippen molar-refractivity contribution in [2.75, 3.05) is 32.3 Å². The Kier molecular flexibility index (Phi) is 6.45. The van der Waals surface area contributed by atoms with Crippen molar-refractivity contribution in [3.05, 3.63) is 65.9 Å². The number of pyridine rings is 1. The largest absolute Gasteiger partial charge is 0.493 e. The van der Waals surface area contributed by atoms with Gasteiger partial charge in [0.2, 0.25) is 15.8 Å². The number of benzene rings is 2. The number of ether oxygens (including phenoxy) is 3. The summed E-state index contributed by atoms with van der Waals surface area (Å²) in [6.07, 6.45) is 2.66. The zero-order chi connectivity index (χ0) is 22.6. The maximum atomic E-state index is 13.5. The standard InChI is InChI=1S/C22H22N2O6S/c1-28-19-12-15(13-20(29-2)22(19)30-3)21(25)16-11-14(17-7-5-6-10-23-17)8-9-18(16)24-31(4,26)27/h5-13,24H,1-4H3. The third kappa shape index (κ3) is 4.95. The summed E-state index contributed by atoms with van der Waals surface area (Å²) in [5.41, 5.74) is 1.86. The number of carbonyl (C=O) groups is 1. The minimum Gasteiger partial charge on any atom is -0.493 e. The van der Waals surface area contributed by atoms with Crippen LogP contribution in [0.4, 0.5) is 5.69 Å². The number of methoxy groups -OCH3 is 3. The van der Waals surface area contributed by atoms with E-state index in [1.54, 1.807) is 30.5 Å². The number of hydrogen-bond acceptors (Lipinski definition) is 7.